The molecule has 0 saturated heterocycles. The van der Waals surface area contributed by atoms with Crippen molar-refractivity contribution in [2.24, 2.45) is 0 Å². The van der Waals surface area contributed by atoms with Gasteiger partial charge in [-0.1, -0.05) is 23.7 Å². The summed E-state index contributed by atoms with van der Waals surface area (Å²) in [5, 5.41) is 3.58. The van der Waals surface area contributed by atoms with Crippen LogP contribution in [0, 0.1) is 5.82 Å². The predicted molar refractivity (Wildman–Crippen MR) is 101 cm³/mol. The number of hydrogen-bond donors (Lipinski definition) is 1. The molecular formula is C20H21ClFNO4. The highest BCUT2D eigenvalue weighted by Crippen LogP contribution is 2.34. The molecule has 0 fully saturated rings. The number of carbonyl (C=O) groups excluding carboxylic acids is 1. The maximum atomic E-state index is 14.8. The van der Waals surface area contributed by atoms with Crippen LogP contribution >= 0.6 is 11.6 Å². The second-order valence-electron chi connectivity index (χ2n) is 6.21. The van der Waals surface area contributed by atoms with E-state index in [-0.39, 0.29) is 18.3 Å². The minimum Gasteiger partial charge on any atom is -0.486 e. The average molecular weight is 394 g/mol. The molecule has 27 heavy (non-hydrogen) atoms. The molecular weight excluding hydrogens is 373 g/mol. The van der Waals surface area contributed by atoms with Gasteiger partial charge in [-0.05, 0) is 32.0 Å². The lowest BCUT2D eigenvalue weighted by Crippen LogP contribution is -2.35. The second kappa shape index (κ2) is 8.48. The minimum absolute atomic E-state index is 0.257. The first-order chi connectivity index (χ1) is 13.0. The van der Waals surface area contributed by atoms with Crippen LogP contribution in [0.4, 0.5) is 10.1 Å². The van der Waals surface area contributed by atoms with Crippen LogP contribution in [0.15, 0.2) is 36.4 Å². The smallest absolute Gasteiger partial charge is 0.313 e. The third kappa shape index (κ3) is 4.45. The van der Waals surface area contributed by atoms with E-state index in [9.17, 15) is 9.18 Å². The van der Waals surface area contributed by atoms with Gasteiger partial charge >= 0.3 is 5.97 Å². The maximum absolute atomic E-state index is 14.8. The van der Waals surface area contributed by atoms with Crippen LogP contribution in [0.1, 0.15) is 25.3 Å². The van der Waals surface area contributed by atoms with E-state index in [1.807, 2.05) is 0 Å². The zero-order valence-electron chi connectivity index (χ0n) is 15.1. The Morgan fingerprint density at radius 1 is 1.37 bits per heavy atom. The van der Waals surface area contributed by atoms with Gasteiger partial charge in [0.1, 0.15) is 18.5 Å². The number of rotatable bonds is 6. The molecule has 2 aromatic carbocycles. The van der Waals surface area contributed by atoms with E-state index in [1.54, 1.807) is 50.2 Å². The Morgan fingerprint density at radius 3 is 2.96 bits per heavy atom. The van der Waals surface area contributed by atoms with Gasteiger partial charge in [0.05, 0.1) is 24.8 Å². The fourth-order valence-corrected chi connectivity index (χ4v) is 2.99. The molecule has 0 bridgehead atoms. The van der Waals surface area contributed by atoms with E-state index in [4.69, 9.17) is 25.8 Å². The van der Waals surface area contributed by atoms with Crippen LogP contribution in [0.3, 0.4) is 0 Å². The molecule has 5 nitrogen and oxygen atoms in total. The first kappa shape index (κ1) is 19.3. The summed E-state index contributed by atoms with van der Waals surface area (Å²) in [6, 6.07) is 10.1. The number of anilines is 1. The summed E-state index contributed by atoms with van der Waals surface area (Å²) < 4.78 is 31.3. The molecule has 0 saturated carbocycles. The Kier molecular flexibility index (Phi) is 6.06. The molecule has 0 amide bonds. The van der Waals surface area contributed by atoms with Crippen LogP contribution in [0.5, 0.6) is 11.5 Å². The van der Waals surface area contributed by atoms with E-state index in [0.29, 0.717) is 35.4 Å². The van der Waals surface area contributed by atoms with Gasteiger partial charge < -0.3 is 19.5 Å². The molecule has 1 aliphatic rings. The molecule has 7 heteroatoms. The Labute approximate surface area is 162 Å². The molecule has 1 heterocycles. The number of carbonyl (C=O) groups is 1. The highest BCUT2D eigenvalue weighted by Gasteiger charge is 2.24. The normalized spacial score (nSPS) is 16.5. The molecule has 0 aromatic heterocycles. The molecule has 1 N–H and O–H groups in total. The highest BCUT2D eigenvalue weighted by atomic mass is 35.5. The third-order valence-electron chi connectivity index (χ3n) is 4.28. The monoisotopic (exact) mass is 393 g/mol. The number of fused-ring (bicyclic) bond motifs is 1. The number of hydrogen-bond acceptors (Lipinski definition) is 5. The van der Waals surface area contributed by atoms with Gasteiger partial charge in [-0.15, -0.1) is 0 Å². The average Bonchev–Trinajstić information content (AvgIpc) is 2.66. The molecule has 1 aliphatic heterocycles. The van der Waals surface area contributed by atoms with Gasteiger partial charge in [-0.3, -0.25) is 4.79 Å². The van der Waals surface area contributed by atoms with Gasteiger partial charge in [-0.25, -0.2) is 4.39 Å². The van der Waals surface area contributed by atoms with Crippen molar-refractivity contribution >= 4 is 23.3 Å². The first-order valence-electron chi connectivity index (χ1n) is 8.77. The quantitative estimate of drug-likeness (QED) is 0.737. The molecule has 144 valence electrons. The van der Waals surface area contributed by atoms with Gasteiger partial charge in [0.2, 0.25) is 0 Å². The van der Waals surface area contributed by atoms with Crippen molar-refractivity contribution < 1.29 is 23.4 Å². The van der Waals surface area contributed by atoms with Gasteiger partial charge in [0, 0.05) is 16.7 Å². The largest absolute Gasteiger partial charge is 0.486 e. The second-order valence-corrected chi connectivity index (χ2v) is 6.64. The molecule has 0 radical (unpaired) electrons. The van der Waals surface area contributed by atoms with Crippen molar-refractivity contribution in [3.05, 3.63) is 52.8 Å². The van der Waals surface area contributed by atoms with E-state index in [2.05, 4.69) is 5.32 Å². The SMILES string of the molecule is CCOC(=O)C(C)c1cccc(NCC2COc3ccc(Cl)cc3O2)c1F. The molecule has 2 unspecified atom stereocenters. The summed E-state index contributed by atoms with van der Waals surface area (Å²) in [4.78, 5) is 11.9. The molecule has 3 rings (SSSR count). The Bertz CT molecular complexity index is 830. The Balaban J connectivity index is 1.66. The maximum Gasteiger partial charge on any atom is 0.313 e. The topological polar surface area (TPSA) is 56.8 Å². The van der Waals surface area contributed by atoms with E-state index in [0.717, 1.165) is 0 Å². The third-order valence-corrected chi connectivity index (χ3v) is 4.51. The minimum atomic E-state index is -0.685. The van der Waals surface area contributed by atoms with Gasteiger partial charge in [0.15, 0.2) is 11.5 Å². The molecule has 0 spiro atoms. The standard InChI is InChI=1S/C20H21ClFNO4/c1-3-25-20(24)12(2)15-5-4-6-16(19(15)22)23-10-14-11-26-17-8-7-13(21)9-18(17)27-14/h4-9,12,14,23H,3,10-11H2,1-2H3. The summed E-state index contributed by atoms with van der Waals surface area (Å²) in [6.07, 6.45) is -0.304. The van der Waals surface area contributed by atoms with Crippen molar-refractivity contribution in [3.8, 4) is 11.5 Å². The van der Waals surface area contributed by atoms with Crippen molar-refractivity contribution in [2.45, 2.75) is 25.9 Å². The van der Waals surface area contributed by atoms with Crippen LogP contribution in [-0.4, -0.2) is 31.8 Å². The van der Waals surface area contributed by atoms with Crippen molar-refractivity contribution in [2.75, 3.05) is 25.1 Å². The van der Waals surface area contributed by atoms with Gasteiger partial charge in [-0.2, -0.15) is 0 Å². The molecule has 2 atom stereocenters. The lowest BCUT2D eigenvalue weighted by Gasteiger charge is -2.27. The number of nitrogens with one attached hydrogen (secondary N) is 1. The molecule has 0 aliphatic carbocycles. The molecule has 2 aromatic rings. The Morgan fingerprint density at radius 2 is 2.19 bits per heavy atom. The highest BCUT2D eigenvalue weighted by molar-refractivity contribution is 6.30. The van der Waals surface area contributed by atoms with E-state index in [1.165, 1.54) is 0 Å². The summed E-state index contributed by atoms with van der Waals surface area (Å²) in [5.74, 6) is -0.419. The van der Waals surface area contributed by atoms with Crippen LogP contribution < -0.4 is 14.8 Å². The Hall–Kier alpha value is -2.47. The number of halogens is 2. The summed E-state index contributed by atoms with van der Waals surface area (Å²) in [5.41, 5.74) is 0.584. The first-order valence-corrected chi connectivity index (χ1v) is 9.15. The summed E-state index contributed by atoms with van der Waals surface area (Å²) in [7, 11) is 0. The van der Waals surface area contributed by atoms with Crippen molar-refractivity contribution in [1.29, 1.82) is 0 Å². The lowest BCUT2D eigenvalue weighted by molar-refractivity contribution is -0.144. The van der Waals surface area contributed by atoms with Crippen LogP contribution in [0.2, 0.25) is 5.02 Å². The zero-order chi connectivity index (χ0) is 19.4. The zero-order valence-corrected chi connectivity index (χ0v) is 15.9. The number of ether oxygens (including phenoxy) is 3. The van der Waals surface area contributed by atoms with E-state index >= 15 is 0 Å². The fraction of sp³-hybridized carbons (Fsp3) is 0.350. The van der Waals surface area contributed by atoms with Crippen molar-refractivity contribution in [1.82, 2.24) is 0 Å². The van der Waals surface area contributed by atoms with Crippen LogP contribution in [0.25, 0.3) is 0 Å². The number of benzene rings is 2. The lowest BCUT2D eigenvalue weighted by atomic mass is 10.00. The van der Waals surface area contributed by atoms with Crippen LogP contribution in [-0.2, 0) is 9.53 Å². The summed E-state index contributed by atoms with van der Waals surface area (Å²) >= 11 is 5.97. The predicted octanol–water partition coefficient (Wildman–Crippen LogP) is 4.40. The van der Waals surface area contributed by atoms with Crippen molar-refractivity contribution in [3.63, 3.8) is 0 Å². The number of esters is 1. The fourth-order valence-electron chi connectivity index (χ4n) is 2.83. The van der Waals surface area contributed by atoms with Gasteiger partial charge in [0.25, 0.3) is 0 Å². The van der Waals surface area contributed by atoms with E-state index < -0.39 is 17.7 Å². The summed E-state index contributed by atoms with van der Waals surface area (Å²) in [6.45, 7) is 4.27.